The number of aromatic amines is 1. The molecule has 2 N–H and O–H groups in total. The second-order valence-electron chi connectivity index (χ2n) is 4.94. The molecule has 0 aliphatic rings. The highest BCUT2D eigenvalue weighted by atomic mass is 15.3. The van der Waals surface area contributed by atoms with Crippen molar-refractivity contribution < 1.29 is 0 Å². The van der Waals surface area contributed by atoms with Gasteiger partial charge in [-0.2, -0.15) is 15.0 Å². The molecule has 0 aromatic carbocycles. The normalized spacial score (nSPS) is 10.4. The molecule has 0 aliphatic heterocycles. The van der Waals surface area contributed by atoms with E-state index in [1.807, 2.05) is 50.4 Å². The van der Waals surface area contributed by atoms with Gasteiger partial charge in [-0.1, -0.05) is 0 Å². The molecule has 0 saturated heterocycles. The summed E-state index contributed by atoms with van der Waals surface area (Å²) in [5, 5.41) is 3.24. The fraction of sp³-hybridized carbons (Fsp3) is 0.462. The molecule has 2 aromatic rings. The Labute approximate surface area is 119 Å². The average molecular weight is 275 g/mol. The number of hydrogen-bond donors (Lipinski definition) is 2. The number of nitrogens with zero attached hydrogens (tertiary/aromatic N) is 5. The van der Waals surface area contributed by atoms with Crippen molar-refractivity contribution in [1.82, 2.24) is 19.9 Å². The Morgan fingerprint density at radius 3 is 2.20 bits per heavy atom. The second kappa shape index (κ2) is 6.23. The average Bonchev–Trinajstić information content (AvgIpc) is 2.91. The topological polar surface area (TPSA) is 73.0 Å². The summed E-state index contributed by atoms with van der Waals surface area (Å²) in [5.74, 6) is 1.89. The molecular weight excluding hydrogens is 254 g/mol. The summed E-state index contributed by atoms with van der Waals surface area (Å²) in [7, 11) is 7.66. The molecule has 2 rings (SSSR count). The summed E-state index contributed by atoms with van der Waals surface area (Å²) >= 11 is 0. The molecular formula is C13H21N7. The van der Waals surface area contributed by atoms with E-state index >= 15 is 0 Å². The van der Waals surface area contributed by atoms with Gasteiger partial charge in [-0.3, -0.25) is 0 Å². The largest absolute Gasteiger partial charge is 0.367 e. The highest BCUT2D eigenvalue weighted by molar-refractivity contribution is 5.43. The van der Waals surface area contributed by atoms with E-state index in [1.54, 1.807) is 0 Å². The third-order valence-electron chi connectivity index (χ3n) is 2.77. The quantitative estimate of drug-likeness (QED) is 0.819. The van der Waals surface area contributed by atoms with Crippen molar-refractivity contribution in [2.45, 2.75) is 6.42 Å². The summed E-state index contributed by atoms with van der Waals surface area (Å²) < 4.78 is 0. The van der Waals surface area contributed by atoms with Crippen molar-refractivity contribution in [3.63, 3.8) is 0 Å². The minimum atomic E-state index is 0.600. The molecule has 0 bridgehead atoms. The molecule has 0 radical (unpaired) electrons. The van der Waals surface area contributed by atoms with Gasteiger partial charge < -0.3 is 20.1 Å². The van der Waals surface area contributed by atoms with Crippen molar-refractivity contribution in [3.05, 3.63) is 24.0 Å². The van der Waals surface area contributed by atoms with Gasteiger partial charge >= 0.3 is 0 Å². The smallest absolute Gasteiger partial charge is 0.231 e. The van der Waals surface area contributed by atoms with Gasteiger partial charge in [0.05, 0.1) is 0 Å². The van der Waals surface area contributed by atoms with Crippen LogP contribution in [0.25, 0.3) is 0 Å². The third kappa shape index (κ3) is 3.59. The summed E-state index contributed by atoms with van der Waals surface area (Å²) in [6.45, 7) is 0.779. The lowest BCUT2D eigenvalue weighted by molar-refractivity contribution is 0.900. The Morgan fingerprint density at radius 2 is 1.70 bits per heavy atom. The molecule has 2 aromatic heterocycles. The molecule has 0 fully saturated rings. The number of rotatable bonds is 6. The van der Waals surface area contributed by atoms with Gasteiger partial charge in [0.25, 0.3) is 0 Å². The van der Waals surface area contributed by atoms with Gasteiger partial charge in [-0.15, -0.1) is 0 Å². The summed E-state index contributed by atoms with van der Waals surface area (Å²) in [4.78, 5) is 19.9. The SMILES string of the molecule is CN(C)c1nc(NCCc2cc[nH]c2)nc(N(C)C)n1. The Kier molecular flexibility index (Phi) is 4.39. The highest BCUT2D eigenvalue weighted by Crippen LogP contribution is 2.13. The van der Waals surface area contributed by atoms with Crippen LogP contribution in [0.5, 0.6) is 0 Å². The Morgan fingerprint density at radius 1 is 1.05 bits per heavy atom. The Balaban J connectivity index is 2.06. The fourth-order valence-electron chi connectivity index (χ4n) is 1.67. The number of H-pyrrole nitrogens is 1. The third-order valence-corrected chi connectivity index (χ3v) is 2.77. The van der Waals surface area contributed by atoms with Crippen molar-refractivity contribution in [1.29, 1.82) is 0 Å². The number of nitrogens with one attached hydrogen (secondary N) is 2. The molecule has 0 atom stereocenters. The predicted molar refractivity (Wildman–Crippen MR) is 81.5 cm³/mol. The maximum absolute atomic E-state index is 4.39. The van der Waals surface area contributed by atoms with Crippen LogP contribution in [0.4, 0.5) is 17.8 Å². The Bertz CT molecular complexity index is 507. The highest BCUT2D eigenvalue weighted by Gasteiger charge is 2.09. The van der Waals surface area contributed by atoms with E-state index in [2.05, 4.69) is 31.3 Å². The van der Waals surface area contributed by atoms with Gasteiger partial charge in [0, 0.05) is 47.1 Å². The molecule has 0 unspecified atom stereocenters. The molecule has 0 aliphatic carbocycles. The molecule has 108 valence electrons. The standard InChI is InChI=1S/C13H21N7/c1-19(2)12-16-11(17-13(18-12)20(3)4)15-8-6-10-5-7-14-9-10/h5,7,9,14H,6,8H2,1-4H3,(H,15,16,17,18). The van der Waals surface area contributed by atoms with E-state index in [4.69, 9.17) is 0 Å². The van der Waals surface area contributed by atoms with Crippen LogP contribution in [0.3, 0.4) is 0 Å². The molecule has 0 spiro atoms. The minimum Gasteiger partial charge on any atom is -0.367 e. The monoisotopic (exact) mass is 275 g/mol. The minimum absolute atomic E-state index is 0.600. The molecule has 2 heterocycles. The molecule has 0 amide bonds. The van der Waals surface area contributed by atoms with Crippen molar-refractivity contribution in [2.24, 2.45) is 0 Å². The van der Waals surface area contributed by atoms with Crippen LogP contribution >= 0.6 is 0 Å². The van der Waals surface area contributed by atoms with Crippen LogP contribution in [0.1, 0.15) is 5.56 Å². The van der Waals surface area contributed by atoms with Gasteiger partial charge in [-0.25, -0.2) is 0 Å². The number of hydrogen-bond acceptors (Lipinski definition) is 6. The maximum atomic E-state index is 4.39. The number of aromatic nitrogens is 4. The second-order valence-corrected chi connectivity index (χ2v) is 4.94. The zero-order valence-corrected chi connectivity index (χ0v) is 12.4. The predicted octanol–water partition coefficient (Wildman–Crippen LogP) is 0.986. The Hall–Kier alpha value is -2.31. The van der Waals surface area contributed by atoms with Crippen LogP contribution < -0.4 is 15.1 Å². The molecule has 0 saturated carbocycles. The van der Waals surface area contributed by atoms with E-state index in [9.17, 15) is 0 Å². The first-order chi connectivity index (χ1) is 9.56. The van der Waals surface area contributed by atoms with Gasteiger partial charge in [0.2, 0.25) is 17.8 Å². The van der Waals surface area contributed by atoms with Crippen molar-refractivity contribution in [3.8, 4) is 0 Å². The van der Waals surface area contributed by atoms with Crippen LogP contribution in [-0.4, -0.2) is 54.7 Å². The van der Waals surface area contributed by atoms with Crippen LogP contribution in [0.15, 0.2) is 18.5 Å². The van der Waals surface area contributed by atoms with Crippen molar-refractivity contribution >= 4 is 17.8 Å². The van der Waals surface area contributed by atoms with Crippen LogP contribution in [0, 0.1) is 0 Å². The lowest BCUT2D eigenvalue weighted by Crippen LogP contribution is -2.20. The lowest BCUT2D eigenvalue weighted by Gasteiger charge is -2.16. The van der Waals surface area contributed by atoms with E-state index in [1.165, 1.54) is 5.56 Å². The number of anilines is 3. The van der Waals surface area contributed by atoms with E-state index in [-0.39, 0.29) is 0 Å². The molecule has 20 heavy (non-hydrogen) atoms. The van der Waals surface area contributed by atoms with Crippen molar-refractivity contribution in [2.75, 3.05) is 49.9 Å². The summed E-state index contributed by atoms with van der Waals surface area (Å²) in [6, 6.07) is 2.06. The lowest BCUT2D eigenvalue weighted by atomic mass is 10.2. The summed E-state index contributed by atoms with van der Waals surface area (Å²) in [6.07, 6.45) is 4.84. The fourth-order valence-corrected chi connectivity index (χ4v) is 1.67. The zero-order chi connectivity index (χ0) is 14.5. The van der Waals surface area contributed by atoms with Crippen LogP contribution in [0.2, 0.25) is 0 Å². The van der Waals surface area contributed by atoms with Crippen LogP contribution in [-0.2, 0) is 6.42 Å². The first-order valence-corrected chi connectivity index (χ1v) is 6.52. The maximum Gasteiger partial charge on any atom is 0.231 e. The molecule has 7 nitrogen and oxygen atoms in total. The zero-order valence-electron chi connectivity index (χ0n) is 12.4. The first kappa shape index (κ1) is 14.1. The molecule has 7 heteroatoms. The first-order valence-electron chi connectivity index (χ1n) is 6.52. The van der Waals surface area contributed by atoms with Gasteiger partial charge in [0.15, 0.2) is 0 Å². The van der Waals surface area contributed by atoms with Gasteiger partial charge in [-0.05, 0) is 18.1 Å². The van der Waals surface area contributed by atoms with E-state index < -0.39 is 0 Å². The van der Waals surface area contributed by atoms with Gasteiger partial charge in [0.1, 0.15) is 0 Å². The summed E-state index contributed by atoms with van der Waals surface area (Å²) in [5.41, 5.74) is 1.26. The van der Waals surface area contributed by atoms with E-state index in [0.29, 0.717) is 17.8 Å². The van der Waals surface area contributed by atoms with E-state index in [0.717, 1.165) is 13.0 Å².